The Hall–Kier alpha value is -0.650. The van der Waals surface area contributed by atoms with Gasteiger partial charge in [-0.15, -0.1) is 0 Å². The standard InChI is InChI=1S/C12H23NO4/c1-7-8(2)17-9(3)10(7)11(15)13-5-12(4,16)6-14/h7-10,14,16H,5-6H2,1-4H3,(H,13,15). The Bertz CT molecular complexity index is 280. The second-order valence-electron chi connectivity index (χ2n) is 5.30. The Morgan fingerprint density at radius 3 is 2.35 bits per heavy atom. The van der Waals surface area contributed by atoms with Crippen molar-refractivity contribution in [1.29, 1.82) is 0 Å². The molecule has 17 heavy (non-hydrogen) atoms. The molecule has 0 aliphatic carbocycles. The molecule has 0 radical (unpaired) electrons. The average molecular weight is 245 g/mol. The van der Waals surface area contributed by atoms with Crippen molar-refractivity contribution in [3.8, 4) is 0 Å². The Morgan fingerprint density at radius 1 is 1.35 bits per heavy atom. The Balaban J connectivity index is 2.53. The molecular weight excluding hydrogens is 222 g/mol. The van der Waals surface area contributed by atoms with Gasteiger partial charge in [0.05, 0.1) is 24.7 Å². The third kappa shape index (κ3) is 3.40. The average Bonchev–Trinajstić information content (AvgIpc) is 2.50. The van der Waals surface area contributed by atoms with E-state index in [4.69, 9.17) is 9.84 Å². The molecule has 0 saturated carbocycles. The van der Waals surface area contributed by atoms with Crippen LogP contribution >= 0.6 is 0 Å². The van der Waals surface area contributed by atoms with Gasteiger partial charge in [0.2, 0.25) is 5.91 Å². The van der Waals surface area contributed by atoms with Gasteiger partial charge in [0.25, 0.3) is 0 Å². The fraction of sp³-hybridized carbons (Fsp3) is 0.917. The summed E-state index contributed by atoms with van der Waals surface area (Å²) in [6.45, 7) is 6.98. The molecule has 5 heteroatoms. The zero-order chi connectivity index (χ0) is 13.2. The van der Waals surface area contributed by atoms with Gasteiger partial charge < -0.3 is 20.3 Å². The highest BCUT2D eigenvalue weighted by Crippen LogP contribution is 2.32. The first kappa shape index (κ1) is 14.4. The molecule has 1 aliphatic rings. The van der Waals surface area contributed by atoms with E-state index >= 15 is 0 Å². The minimum atomic E-state index is -1.27. The van der Waals surface area contributed by atoms with Crippen LogP contribution in [0.25, 0.3) is 0 Å². The molecule has 0 aromatic carbocycles. The normalized spacial score (nSPS) is 36.6. The lowest BCUT2D eigenvalue weighted by Crippen LogP contribution is -2.46. The van der Waals surface area contributed by atoms with Crippen LogP contribution in [-0.4, -0.2) is 47.1 Å². The molecule has 1 saturated heterocycles. The third-order valence-corrected chi connectivity index (χ3v) is 3.53. The second kappa shape index (κ2) is 5.33. The largest absolute Gasteiger partial charge is 0.393 e. The van der Waals surface area contributed by atoms with E-state index < -0.39 is 5.60 Å². The van der Waals surface area contributed by atoms with Crippen LogP contribution in [0.2, 0.25) is 0 Å². The topological polar surface area (TPSA) is 78.8 Å². The van der Waals surface area contributed by atoms with Gasteiger partial charge in [0, 0.05) is 6.54 Å². The van der Waals surface area contributed by atoms with Gasteiger partial charge in [-0.1, -0.05) is 6.92 Å². The summed E-state index contributed by atoms with van der Waals surface area (Å²) in [7, 11) is 0. The number of hydrogen-bond acceptors (Lipinski definition) is 4. The van der Waals surface area contributed by atoms with Crippen LogP contribution in [0.15, 0.2) is 0 Å². The van der Waals surface area contributed by atoms with Crippen LogP contribution in [0.4, 0.5) is 0 Å². The summed E-state index contributed by atoms with van der Waals surface area (Å²) in [6, 6.07) is 0. The van der Waals surface area contributed by atoms with Crippen molar-refractivity contribution in [3.63, 3.8) is 0 Å². The van der Waals surface area contributed by atoms with Gasteiger partial charge in [0.15, 0.2) is 0 Å². The van der Waals surface area contributed by atoms with Crippen LogP contribution < -0.4 is 5.32 Å². The second-order valence-corrected chi connectivity index (χ2v) is 5.30. The van der Waals surface area contributed by atoms with Crippen molar-refractivity contribution < 1.29 is 19.7 Å². The van der Waals surface area contributed by atoms with Crippen molar-refractivity contribution in [2.45, 2.75) is 45.5 Å². The summed E-state index contributed by atoms with van der Waals surface area (Å²) in [4.78, 5) is 12.0. The highest BCUT2D eigenvalue weighted by molar-refractivity contribution is 5.80. The first-order valence-electron chi connectivity index (χ1n) is 6.05. The maximum Gasteiger partial charge on any atom is 0.226 e. The molecule has 0 aromatic rings. The highest BCUT2D eigenvalue weighted by Gasteiger charge is 2.41. The van der Waals surface area contributed by atoms with Crippen LogP contribution in [0.1, 0.15) is 27.7 Å². The molecule has 3 N–H and O–H groups in total. The van der Waals surface area contributed by atoms with Crippen molar-refractivity contribution in [3.05, 3.63) is 0 Å². The lowest BCUT2D eigenvalue weighted by molar-refractivity contribution is -0.128. The maximum absolute atomic E-state index is 12.0. The van der Waals surface area contributed by atoms with Gasteiger partial charge in [-0.25, -0.2) is 0 Å². The fourth-order valence-electron chi connectivity index (χ4n) is 2.17. The van der Waals surface area contributed by atoms with Gasteiger partial charge in [-0.05, 0) is 26.7 Å². The number of hydrogen-bond donors (Lipinski definition) is 3. The quantitative estimate of drug-likeness (QED) is 0.646. The van der Waals surface area contributed by atoms with Crippen molar-refractivity contribution >= 4 is 5.91 Å². The molecule has 1 amide bonds. The van der Waals surface area contributed by atoms with E-state index in [-0.39, 0.29) is 43.1 Å². The molecule has 5 unspecified atom stereocenters. The first-order chi connectivity index (χ1) is 7.78. The van der Waals surface area contributed by atoms with E-state index in [1.54, 1.807) is 0 Å². The van der Waals surface area contributed by atoms with E-state index in [2.05, 4.69) is 5.32 Å². The van der Waals surface area contributed by atoms with Crippen molar-refractivity contribution in [1.82, 2.24) is 5.32 Å². The lowest BCUT2D eigenvalue weighted by atomic mass is 9.88. The number of amides is 1. The molecule has 0 bridgehead atoms. The molecule has 0 spiro atoms. The number of carbonyl (C=O) groups excluding carboxylic acids is 1. The number of rotatable bonds is 4. The zero-order valence-electron chi connectivity index (χ0n) is 10.9. The SMILES string of the molecule is CC1OC(C)C(C(=O)NCC(C)(O)CO)C1C. The van der Waals surface area contributed by atoms with Crippen molar-refractivity contribution in [2.24, 2.45) is 11.8 Å². The smallest absolute Gasteiger partial charge is 0.226 e. The summed E-state index contributed by atoms with van der Waals surface area (Å²) in [5, 5.41) is 21.2. The maximum atomic E-state index is 12.0. The first-order valence-corrected chi connectivity index (χ1v) is 6.05. The molecule has 5 atom stereocenters. The monoisotopic (exact) mass is 245 g/mol. The zero-order valence-corrected chi connectivity index (χ0v) is 10.9. The van der Waals surface area contributed by atoms with E-state index in [9.17, 15) is 9.90 Å². The minimum Gasteiger partial charge on any atom is -0.393 e. The summed E-state index contributed by atoms with van der Waals surface area (Å²) in [6.07, 6.45) is -0.0434. The van der Waals surface area contributed by atoms with E-state index in [0.717, 1.165) is 0 Å². The minimum absolute atomic E-state index is 0.0483. The number of aliphatic hydroxyl groups is 2. The Morgan fingerprint density at radius 2 is 1.94 bits per heavy atom. The van der Waals surface area contributed by atoms with Gasteiger partial charge >= 0.3 is 0 Å². The summed E-state index contributed by atoms with van der Waals surface area (Å²) >= 11 is 0. The molecule has 5 nitrogen and oxygen atoms in total. The third-order valence-electron chi connectivity index (χ3n) is 3.53. The number of carbonyl (C=O) groups is 1. The molecule has 1 heterocycles. The van der Waals surface area contributed by atoms with Crippen LogP contribution in [0, 0.1) is 11.8 Å². The van der Waals surface area contributed by atoms with E-state index in [0.29, 0.717) is 0 Å². The fourth-order valence-corrected chi connectivity index (χ4v) is 2.17. The summed E-state index contributed by atoms with van der Waals surface area (Å²) in [5.74, 6) is -0.161. The lowest BCUT2D eigenvalue weighted by Gasteiger charge is -2.23. The predicted molar refractivity (Wildman–Crippen MR) is 63.4 cm³/mol. The van der Waals surface area contributed by atoms with E-state index in [1.165, 1.54) is 6.92 Å². The van der Waals surface area contributed by atoms with Crippen LogP contribution in [-0.2, 0) is 9.53 Å². The van der Waals surface area contributed by atoms with Crippen molar-refractivity contribution in [2.75, 3.05) is 13.2 Å². The van der Waals surface area contributed by atoms with E-state index in [1.807, 2.05) is 20.8 Å². The van der Waals surface area contributed by atoms with Gasteiger partial charge in [-0.3, -0.25) is 4.79 Å². The number of nitrogens with one attached hydrogen (secondary N) is 1. The molecule has 1 rings (SSSR count). The summed E-state index contributed by atoms with van der Waals surface area (Å²) in [5.41, 5.74) is -1.27. The molecule has 0 aromatic heterocycles. The number of aliphatic hydroxyl groups excluding tert-OH is 1. The molecule has 1 fully saturated rings. The van der Waals surface area contributed by atoms with Gasteiger partial charge in [0.1, 0.15) is 5.60 Å². The molecule has 100 valence electrons. The highest BCUT2D eigenvalue weighted by atomic mass is 16.5. The van der Waals surface area contributed by atoms with Crippen LogP contribution in [0.5, 0.6) is 0 Å². The van der Waals surface area contributed by atoms with Crippen LogP contribution in [0.3, 0.4) is 0 Å². The Labute approximate surface area is 102 Å². The molecular formula is C12H23NO4. The van der Waals surface area contributed by atoms with Gasteiger partial charge in [-0.2, -0.15) is 0 Å². The Kier molecular flexibility index (Phi) is 4.52. The molecule has 1 aliphatic heterocycles. The predicted octanol–water partition coefficient (Wildman–Crippen LogP) is -0.0946. The summed E-state index contributed by atoms with van der Waals surface area (Å²) < 4.78 is 5.59. The number of ether oxygens (including phenoxy) is 1.